The Kier molecular flexibility index (Phi) is 4.54. The van der Waals surface area contributed by atoms with Crippen molar-refractivity contribution in [3.05, 3.63) is 53.1 Å². The number of aryl methyl sites for hydroxylation is 2. The highest BCUT2D eigenvalue weighted by Crippen LogP contribution is 2.36. The molecule has 0 bridgehead atoms. The molecule has 0 aliphatic carbocycles. The zero-order valence-electron chi connectivity index (χ0n) is 14.5. The van der Waals surface area contributed by atoms with Gasteiger partial charge in [-0.3, -0.25) is 4.72 Å². The summed E-state index contributed by atoms with van der Waals surface area (Å²) in [6.45, 7) is 8.14. The van der Waals surface area contributed by atoms with Gasteiger partial charge in [0.15, 0.2) is 0 Å². The maximum absolute atomic E-state index is 12.7. The molecular weight excluding hydrogens is 320 g/mol. The van der Waals surface area contributed by atoms with Gasteiger partial charge >= 0.3 is 0 Å². The standard InChI is InChI=1S/C19H24N2O2S/c1-14-13-15(2)19(21-11-7-8-12-21)16(3)18(14)20-24(22,23)17-9-5-4-6-10-17/h4-6,9-10,13,20H,7-8,11-12H2,1-3H3. The van der Waals surface area contributed by atoms with Gasteiger partial charge in [0.1, 0.15) is 0 Å². The van der Waals surface area contributed by atoms with Gasteiger partial charge in [-0.05, 0) is 62.4 Å². The molecule has 3 rings (SSSR count). The molecule has 1 fully saturated rings. The van der Waals surface area contributed by atoms with Crippen molar-refractivity contribution in [2.24, 2.45) is 0 Å². The lowest BCUT2D eigenvalue weighted by molar-refractivity contribution is 0.601. The van der Waals surface area contributed by atoms with Crippen LogP contribution in [0.1, 0.15) is 29.5 Å². The van der Waals surface area contributed by atoms with Crippen molar-refractivity contribution < 1.29 is 8.42 Å². The second-order valence-corrected chi connectivity index (χ2v) is 8.15. The van der Waals surface area contributed by atoms with Crippen molar-refractivity contribution in [1.29, 1.82) is 0 Å². The summed E-state index contributed by atoms with van der Waals surface area (Å²) in [6, 6.07) is 10.6. The second-order valence-electron chi connectivity index (χ2n) is 6.47. The Bertz CT molecular complexity index is 839. The fourth-order valence-corrected chi connectivity index (χ4v) is 4.77. The van der Waals surface area contributed by atoms with Crippen molar-refractivity contribution in [2.45, 2.75) is 38.5 Å². The number of sulfonamides is 1. The van der Waals surface area contributed by atoms with Gasteiger partial charge in [0.2, 0.25) is 0 Å². The zero-order chi connectivity index (χ0) is 17.3. The average molecular weight is 344 g/mol. The second kappa shape index (κ2) is 6.48. The lowest BCUT2D eigenvalue weighted by atomic mass is 10.0. The van der Waals surface area contributed by atoms with E-state index in [0.717, 1.165) is 24.2 Å². The van der Waals surface area contributed by atoms with Gasteiger partial charge < -0.3 is 4.90 Å². The third-order valence-corrected chi connectivity index (χ3v) is 6.01. The lowest BCUT2D eigenvalue weighted by Gasteiger charge is -2.26. The average Bonchev–Trinajstić information content (AvgIpc) is 3.06. The third-order valence-electron chi connectivity index (χ3n) is 4.64. The van der Waals surface area contributed by atoms with E-state index in [9.17, 15) is 8.42 Å². The quantitative estimate of drug-likeness (QED) is 0.911. The summed E-state index contributed by atoms with van der Waals surface area (Å²) in [6.07, 6.45) is 2.38. The van der Waals surface area contributed by atoms with E-state index < -0.39 is 10.0 Å². The number of benzene rings is 2. The SMILES string of the molecule is Cc1cc(C)c(N2CCCC2)c(C)c1NS(=O)(=O)c1ccccc1. The Morgan fingerprint density at radius 1 is 0.958 bits per heavy atom. The molecule has 0 atom stereocenters. The molecule has 2 aromatic rings. The highest BCUT2D eigenvalue weighted by Gasteiger charge is 2.22. The minimum absolute atomic E-state index is 0.284. The fourth-order valence-electron chi connectivity index (χ4n) is 3.55. The molecule has 24 heavy (non-hydrogen) atoms. The molecule has 1 saturated heterocycles. The highest BCUT2D eigenvalue weighted by atomic mass is 32.2. The number of hydrogen-bond acceptors (Lipinski definition) is 3. The zero-order valence-corrected chi connectivity index (χ0v) is 15.3. The number of hydrogen-bond donors (Lipinski definition) is 1. The van der Waals surface area contributed by atoms with Crippen molar-refractivity contribution in [3.63, 3.8) is 0 Å². The molecule has 1 aliphatic rings. The van der Waals surface area contributed by atoms with Crippen LogP contribution >= 0.6 is 0 Å². The Balaban J connectivity index is 2.03. The van der Waals surface area contributed by atoms with E-state index in [1.54, 1.807) is 24.3 Å². The molecule has 5 heteroatoms. The highest BCUT2D eigenvalue weighted by molar-refractivity contribution is 7.92. The molecule has 4 nitrogen and oxygen atoms in total. The third kappa shape index (κ3) is 3.13. The molecule has 0 radical (unpaired) electrons. The Morgan fingerprint density at radius 2 is 1.58 bits per heavy atom. The summed E-state index contributed by atoms with van der Waals surface area (Å²) in [5, 5.41) is 0. The molecule has 1 aliphatic heterocycles. The maximum atomic E-state index is 12.7. The van der Waals surface area contributed by atoms with E-state index in [0.29, 0.717) is 5.69 Å². The molecule has 0 saturated carbocycles. The van der Waals surface area contributed by atoms with Crippen molar-refractivity contribution in [1.82, 2.24) is 0 Å². The van der Waals surface area contributed by atoms with E-state index in [2.05, 4.69) is 22.6 Å². The first-order valence-electron chi connectivity index (χ1n) is 8.34. The molecule has 0 unspecified atom stereocenters. The smallest absolute Gasteiger partial charge is 0.261 e. The van der Waals surface area contributed by atoms with Crippen LogP contribution in [0.4, 0.5) is 11.4 Å². The van der Waals surface area contributed by atoms with Crippen LogP contribution in [0.25, 0.3) is 0 Å². The van der Waals surface area contributed by atoms with Crippen LogP contribution < -0.4 is 9.62 Å². The van der Waals surface area contributed by atoms with Crippen molar-refractivity contribution in [3.8, 4) is 0 Å². The Hall–Kier alpha value is -2.01. The summed E-state index contributed by atoms with van der Waals surface area (Å²) in [5.74, 6) is 0. The summed E-state index contributed by atoms with van der Waals surface area (Å²) < 4.78 is 28.2. The lowest BCUT2D eigenvalue weighted by Crippen LogP contribution is -2.22. The topological polar surface area (TPSA) is 49.4 Å². The van der Waals surface area contributed by atoms with Crippen molar-refractivity contribution in [2.75, 3.05) is 22.7 Å². The van der Waals surface area contributed by atoms with Gasteiger partial charge in [-0.15, -0.1) is 0 Å². The van der Waals surface area contributed by atoms with Gasteiger partial charge in [-0.25, -0.2) is 8.42 Å². The molecule has 0 amide bonds. The van der Waals surface area contributed by atoms with E-state index in [1.807, 2.05) is 19.9 Å². The summed E-state index contributed by atoms with van der Waals surface area (Å²) in [4.78, 5) is 2.65. The molecule has 128 valence electrons. The van der Waals surface area contributed by atoms with Crippen LogP contribution in [-0.4, -0.2) is 21.5 Å². The minimum atomic E-state index is -3.58. The van der Waals surface area contributed by atoms with Gasteiger partial charge in [-0.1, -0.05) is 24.3 Å². The van der Waals surface area contributed by atoms with E-state index >= 15 is 0 Å². The van der Waals surface area contributed by atoms with Crippen molar-refractivity contribution >= 4 is 21.4 Å². The first-order chi connectivity index (χ1) is 11.4. The van der Waals surface area contributed by atoms with Gasteiger partial charge in [0, 0.05) is 18.8 Å². The normalized spacial score (nSPS) is 14.9. The molecule has 2 aromatic carbocycles. The van der Waals surface area contributed by atoms with E-state index in [-0.39, 0.29) is 4.90 Å². The molecule has 1 heterocycles. The summed E-state index contributed by atoms with van der Waals surface area (Å²) >= 11 is 0. The first kappa shape index (κ1) is 16.8. The number of nitrogens with zero attached hydrogens (tertiary/aromatic N) is 1. The number of nitrogens with one attached hydrogen (secondary N) is 1. The Labute approximate surface area is 144 Å². The van der Waals surface area contributed by atoms with Crippen LogP contribution in [0.3, 0.4) is 0 Å². The molecular formula is C19H24N2O2S. The monoisotopic (exact) mass is 344 g/mol. The van der Waals surface area contributed by atoms with E-state index in [4.69, 9.17) is 0 Å². The number of anilines is 2. The van der Waals surface area contributed by atoms with Crippen LogP contribution in [0.15, 0.2) is 41.3 Å². The summed E-state index contributed by atoms with van der Waals surface area (Å²) in [5.41, 5.74) is 5.03. The van der Waals surface area contributed by atoms with Crippen LogP contribution in [0.2, 0.25) is 0 Å². The van der Waals surface area contributed by atoms with Crippen LogP contribution in [0, 0.1) is 20.8 Å². The van der Waals surface area contributed by atoms with Gasteiger partial charge in [-0.2, -0.15) is 0 Å². The predicted molar refractivity (Wildman–Crippen MR) is 99.4 cm³/mol. The molecule has 0 aromatic heterocycles. The van der Waals surface area contributed by atoms with E-state index in [1.165, 1.54) is 24.1 Å². The predicted octanol–water partition coefficient (Wildman–Crippen LogP) is 4.01. The summed E-state index contributed by atoms with van der Waals surface area (Å²) in [7, 11) is -3.58. The van der Waals surface area contributed by atoms with Gasteiger partial charge in [0.05, 0.1) is 10.6 Å². The fraction of sp³-hybridized carbons (Fsp3) is 0.368. The molecule has 0 spiro atoms. The van der Waals surface area contributed by atoms with Crippen LogP contribution in [-0.2, 0) is 10.0 Å². The van der Waals surface area contributed by atoms with Gasteiger partial charge in [0.25, 0.3) is 10.0 Å². The minimum Gasteiger partial charge on any atom is -0.371 e. The maximum Gasteiger partial charge on any atom is 0.261 e. The molecule has 1 N–H and O–H groups in total. The van der Waals surface area contributed by atoms with Crippen LogP contribution in [0.5, 0.6) is 0 Å². The first-order valence-corrected chi connectivity index (χ1v) is 9.82. The number of rotatable bonds is 4. The largest absolute Gasteiger partial charge is 0.371 e. The Morgan fingerprint density at radius 3 is 2.21 bits per heavy atom.